The topological polar surface area (TPSA) is 81.4 Å². The molecule has 94 valence electrons. The van der Waals surface area contributed by atoms with Crippen LogP contribution in [0.4, 0.5) is 0 Å². The predicted molar refractivity (Wildman–Crippen MR) is 59.7 cm³/mol. The Morgan fingerprint density at radius 2 is 2.12 bits per heavy atom. The van der Waals surface area contributed by atoms with Gasteiger partial charge in [-0.1, -0.05) is 0 Å². The van der Waals surface area contributed by atoms with E-state index >= 15 is 0 Å². The molecule has 1 aromatic rings. The molecule has 0 atom stereocenters. The number of hydrogen-bond acceptors (Lipinski definition) is 4. The van der Waals surface area contributed by atoms with E-state index in [-0.39, 0.29) is 6.42 Å². The van der Waals surface area contributed by atoms with Crippen LogP contribution in [0.2, 0.25) is 0 Å². The van der Waals surface area contributed by atoms with Gasteiger partial charge in [-0.25, -0.2) is 4.79 Å². The van der Waals surface area contributed by atoms with Gasteiger partial charge in [-0.3, -0.25) is 9.48 Å². The summed E-state index contributed by atoms with van der Waals surface area (Å²) in [5.41, 5.74) is -0.0927. The summed E-state index contributed by atoms with van der Waals surface area (Å²) in [6.07, 6.45) is 1.60. The summed E-state index contributed by atoms with van der Waals surface area (Å²) in [4.78, 5) is 22.5. The lowest BCUT2D eigenvalue weighted by atomic mass is 9.87. The highest BCUT2D eigenvalue weighted by atomic mass is 16.5. The number of aliphatic carboxylic acids is 1. The van der Waals surface area contributed by atoms with Crippen molar-refractivity contribution < 1.29 is 19.4 Å². The van der Waals surface area contributed by atoms with E-state index in [0.717, 1.165) is 0 Å². The lowest BCUT2D eigenvalue weighted by molar-refractivity contribution is -0.146. The third kappa shape index (κ3) is 2.64. The summed E-state index contributed by atoms with van der Waals surface area (Å²) < 4.78 is 6.12. The van der Waals surface area contributed by atoms with Crippen molar-refractivity contribution in [2.24, 2.45) is 12.5 Å². The monoisotopic (exact) mass is 240 g/mol. The van der Waals surface area contributed by atoms with E-state index in [1.807, 2.05) is 0 Å². The molecular formula is C11H16N2O4. The van der Waals surface area contributed by atoms with Gasteiger partial charge in [0.15, 0.2) is 0 Å². The fourth-order valence-electron chi connectivity index (χ4n) is 1.45. The highest BCUT2D eigenvalue weighted by Gasteiger charge is 2.31. The Bertz CT molecular complexity index is 448. The smallest absolute Gasteiger partial charge is 0.341 e. The van der Waals surface area contributed by atoms with Gasteiger partial charge in [0.05, 0.1) is 24.4 Å². The van der Waals surface area contributed by atoms with Crippen molar-refractivity contribution in [2.45, 2.75) is 20.3 Å². The fraction of sp³-hybridized carbons (Fsp3) is 0.545. The Balaban J connectivity index is 3.10. The van der Waals surface area contributed by atoms with Gasteiger partial charge in [0, 0.05) is 13.5 Å². The van der Waals surface area contributed by atoms with Crippen molar-refractivity contribution in [3.05, 3.63) is 17.5 Å². The molecule has 0 spiro atoms. The Hall–Kier alpha value is -1.85. The van der Waals surface area contributed by atoms with Crippen molar-refractivity contribution in [1.29, 1.82) is 0 Å². The standard InChI is InChI=1S/C11H16N2O4/c1-11(2,10(15)16)5-8-7(9(14)17-4)6-12-13(8)3/h6H,5H2,1-4H3,(H,15,16). The first kappa shape index (κ1) is 13.2. The van der Waals surface area contributed by atoms with Gasteiger partial charge < -0.3 is 9.84 Å². The minimum atomic E-state index is -0.962. The molecule has 1 N–H and O–H groups in total. The van der Waals surface area contributed by atoms with Crippen LogP contribution < -0.4 is 0 Å². The molecule has 1 heterocycles. The van der Waals surface area contributed by atoms with Crippen LogP contribution in [0.3, 0.4) is 0 Å². The molecule has 0 unspecified atom stereocenters. The van der Waals surface area contributed by atoms with Crippen molar-refractivity contribution in [3.8, 4) is 0 Å². The number of esters is 1. The van der Waals surface area contributed by atoms with Gasteiger partial charge in [0.1, 0.15) is 5.56 Å². The average molecular weight is 240 g/mol. The zero-order valence-electron chi connectivity index (χ0n) is 10.4. The van der Waals surface area contributed by atoms with Crippen LogP contribution in [0, 0.1) is 5.41 Å². The summed E-state index contributed by atoms with van der Waals surface area (Å²) in [6.45, 7) is 3.20. The molecule has 0 aliphatic rings. The highest BCUT2D eigenvalue weighted by molar-refractivity contribution is 5.90. The van der Waals surface area contributed by atoms with Crippen molar-refractivity contribution >= 4 is 11.9 Å². The van der Waals surface area contributed by atoms with Gasteiger partial charge in [-0.15, -0.1) is 0 Å². The zero-order chi connectivity index (χ0) is 13.2. The van der Waals surface area contributed by atoms with Crippen molar-refractivity contribution in [1.82, 2.24) is 9.78 Å². The summed E-state index contributed by atoms with van der Waals surface area (Å²) >= 11 is 0. The number of carbonyl (C=O) groups is 2. The van der Waals surface area contributed by atoms with Crippen molar-refractivity contribution in [3.63, 3.8) is 0 Å². The number of ether oxygens (including phenoxy) is 1. The molecule has 0 saturated carbocycles. The lowest BCUT2D eigenvalue weighted by Gasteiger charge is -2.19. The van der Waals surface area contributed by atoms with E-state index in [9.17, 15) is 9.59 Å². The predicted octanol–water partition coefficient (Wildman–Crippen LogP) is 0.860. The molecule has 0 aliphatic carbocycles. The van der Waals surface area contributed by atoms with Crippen LogP contribution in [0.15, 0.2) is 6.20 Å². The SMILES string of the molecule is COC(=O)c1cnn(C)c1CC(C)(C)C(=O)O. The van der Waals surface area contributed by atoms with Crippen molar-refractivity contribution in [2.75, 3.05) is 7.11 Å². The Kier molecular flexibility index (Phi) is 3.55. The number of hydrogen-bond donors (Lipinski definition) is 1. The second-order valence-corrected chi connectivity index (χ2v) is 4.49. The number of carbonyl (C=O) groups excluding carboxylic acids is 1. The number of aromatic nitrogens is 2. The van der Waals surface area contributed by atoms with Gasteiger partial charge in [-0.05, 0) is 13.8 Å². The number of aryl methyl sites for hydroxylation is 1. The molecule has 0 radical (unpaired) electrons. The molecule has 0 bridgehead atoms. The molecule has 6 heteroatoms. The van der Waals surface area contributed by atoms with E-state index in [1.54, 1.807) is 20.9 Å². The molecule has 6 nitrogen and oxygen atoms in total. The maximum absolute atomic E-state index is 11.5. The third-order valence-electron chi connectivity index (χ3n) is 2.66. The highest BCUT2D eigenvalue weighted by Crippen LogP contribution is 2.24. The first-order valence-electron chi connectivity index (χ1n) is 5.12. The minimum Gasteiger partial charge on any atom is -0.481 e. The largest absolute Gasteiger partial charge is 0.481 e. The average Bonchev–Trinajstić information content (AvgIpc) is 2.59. The number of carboxylic acid groups (broad SMARTS) is 1. The molecule has 0 saturated heterocycles. The molecular weight excluding hydrogens is 224 g/mol. The Morgan fingerprint density at radius 1 is 1.53 bits per heavy atom. The maximum atomic E-state index is 11.5. The van der Waals surface area contributed by atoms with E-state index < -0.39 is 17.4 Å². The number of carboxylic acids is 1. The zero-order valence-corrected chi connectivity index (χ0v) is 10.4. The van der Waals surface area contributed by atoms with Crippen LogP contribution in [-0.4, -0.2) is 33.9 Å². The normalized spacial score (nSPS) is 11.3. The number of rotatable bonds is 4. The number of methoxy groups -OCH3 is 1. The van der Waals surface area contributed by atoms with E-state index in [4.69, 9.17) is 5.11 Å². The molecule has 0 aromatic carbocycles. The molecule has 0 amide bonds. The van der Waals surface area contributed by atoms with E-state index in [2.05, 4.69) is 9.84 Å². The molecule has 1 aromatic heterocycles. The van der Waals surface area contributed by atoms with Gasteiger partial charge >= 0.3 is 11.9 Å². The van der Waals surface area contributed by atoms with Crippen LogP contribution in [0.25, 0.3) is 0 Å². The summed E-state index contributed by atoms with van der Waals surface area (Å²) in [5, 5.41) is 13.0. The number of nitrogens with zero attached hydrogens (tertiary/aromatic N) is 2. The summed E-state index contributed by atoms with van der Waals surface area (Å²) in [6, 6.07) is 0. The second kappa shape index (κ2) is 4.57. The molecule has 0 fully saturated rings. The lowest BCUT2D eigenvalue weighted by Crippen LogP contribution is -2.28. The first-order chi connectivity index (χ1) is 7.79. The van der Waals surface area contributed by atoms with Crippen LogP contribution >= 0.6 is 0 Å². The van der Waals surface area contributed by atoms with Gasteiger partial charge in [-0.2, -0.15) is 5.10 Å². The second-order valence-electron chi connectivity index (χ2n) is 4.49. The Labute approximate surface area is 99.2 Å². The van der Waals surface area contributed by atoms with Gasteiger partial charge in [0.25, 0.3) is 0 Å². The Morgan fingerprint density at radius 3 is 2.59 bits per heavy atom. The van der Waals surface area contributed by atoms with Crippen LogP contribution in [-0.2, 0) is 23.0 Å². The van der Waals surface area contributed by atoms with Gasteiger partial charge in [0.2, 0.25) is 0 Å². The van der Waals surface area contributed by atoms with E-state index in [0.29, 0.717) is 11.3 Å². The first-order valence-corrected chi connectivity index (χ1v) is 5.12. The molecule has 1 rings (SSSR count). The third-order valence-corrected chi connectivity index (χ3v) is 2.66. The minimum absolute atomic E-state index is 0.212. The summed E-state index contributed by atoms with van der Waals surface area (Å²) in [7, 11) is 2.95. The van der Waals surface area contributed by atoms with Crippen LogP contribution in [0.5, 0.6) is 0 Å². The van der Waals surface area contributed by atoms with Crippen LogP contribution in [0.1, 0.15) is 29.9 Å². The maximum Gasteiger partial charge on any atom is 0.341 e. The summed E-state index contributed by atoms with van der Waals surface area (Å²) in [5.74, 6) is -1.43. The molecule has 17 heavy (non-hydrogen) atoms. The fourth-order valence-corrected chi connectivity index (χ4v) is 1.45. The van der Waals surface area contributed by atoms with E-state index in [1.165, 1.54) is 18.0 Å². The quantitative estimate of drug-likeness (QED) is 0.789. The molecule has 0 aliphatic heterocycles.